The van der Waals surface area contributed by atoms with Gasteiger partial charge in [0.15, 0.2) is 0 Å². The third kappa shape index (κ3) is 4.27. The van der Waals surface area contributed by atoms with E-state index in [9.17, 15) is 9.18 Å². The number of anilines is 1. The highest BCUT2D eigenvalue weighted by Gasteiger charge is 2.11. The molecule has 0 atom stereocenters. The van der Waals surface area contributed by atoms with Crippen LogP contribution in [-0.2, 0) is 6.54 Å². The lowest BCUT2D eigenvalue weighted by molar-refractivity contribution is 0.0951. The minimum Gasteiger partial charge on any atom is -0.384 e. The van der Waals surface area contributed by atoms with Gasteiger partial charge in [0.05, 0.1) is 11.3 Å². The largest absolute Gasteiger partial charge is 0.384 e. The van der Waals surface area contributed by atoms with E-state index in [4.69, 9.17) is 0 Å². The Bertz CT molecular complexity index is 616. The van der Waals surface area contributed by atoms with Gasteiger partial charge in [-0.1, -0.05) is 19.1 Å². The lowest BCUT2D eigenvalue weighted by atomic mass is 10.2. The summed E-state index contributed by atoms with van der Waals surface area (Å²) in [4.78, 5) is 16.2. The minimum absolute atomic E-state index is 0.231. The molecule has 21 heavy (non-hydrogen) atoms. The van der Waals surface area contributed by atoms with E-state index in [0.29, 0.717) is 5.56 Å². The van der Waals surface area contributed by atoms with E-state index in [2.05, 4.69) is 22.5 Å². The third-order valence-electron chi connectivity index (χ3n) is 2.97. The maximum atomic E-state index is 13.1. The summed E-state index contributed by atoms with van der Waals surface area (Å²) in [5.41, 5.74) is 1.96. The van der Waals surface area contributed by atoms with Gasteiger partial charge in [-0.05, 0) is 30.2 Å². The van der Waals surface area contributed by atoms with Crippen LogP contribution in [0.1, 0.15) is 29.3 Å². The van der Waals surface area contributed by atoms with Crippen LogP contribution in [0, 0.1) is 5.82 Å². The number of hydrogen-bond acceptors (Lipinski definition) is 3. The van der Waals surface area contributed by atoms with Gasteiger partial charge in [0.2, 0.25) is 0 Å². The Labute approximate surface area is 123 Å². The molecule has 0 fully saturated rings. The second kappa shape index (κ2) is 7.38. The molecular formula is C16H18FN3O. The zero-order valence-electron chi connectivity index (χ0n) is 11.9. The molecule has 0 bridgehead atoms. The van der Waals surface area contributed by atoms with Crippen LogP contribution in [0.3, 0.4) is 0 Å². The molecule has 0 saturated heterocycles. The van der Waals surface area contributed by atoms with Gasteiger partial charge in [0.25, 0.3) is 5.91 Å². The van der Waals surface area contributed by atoms with Crippen molar-refractivity contribution in [2.24, 2.45) is 0 Å². The third-order valence-corrected chi connectivity index (χ3v) is 2.97. The van der Waals surface area contributed by atoms with Crippen LogP contribution in [0.5, 0.6) is 0 Å². The molecule has 0 radical (unpaired) electrons. The first-order valence-corrected chi connectivity index (χ1v) is 6.91. The number of carbonyl (C=O) groups excluding carboxylic acids is 1. The summed E-state index contributed by atoms with van der Waals surface area (Å²) < 4.78 is 13.1. The minimum atomic E-state index is -0.312. The molecule has 2 rings (SSSR count). The number of aromatic nitrogens is 1. The van der Waals surface area contributed by atoms with Crippen LogP contribution < -0.4 is 10.6 Å². The fourth-order valence-corrected chi connectivity index (χ4v) is 1.91. The molecule has 2 N–H and O–H groups in total. The van der Waals surface area contributed by atoms with E-state index in [1.165, 1.54) is 18.3 Å². The Morgan fingerprint density at radius 3 is 2.95 bits per heavy atom. The fraction of sp³-hybridized carbons (Fsp3) is 0.250. The van der Waals surface area contributed by atoms with Crippen LogP contribution in [-0.4, -0.2) is 17.4 Å². The second-order valence-corrected chi connectivity index (χ2v) is 4.66. The molecule has 0 spiro atoms. The number of rotatable bonds is 6. The zero-order valence-corrected chi connectivity index (χ0v) is 11.9. The first-order chi connectivity index (χ1) is 10.2. The summed E-state index contributed by atoms with van der Waals surface area (Å²) in [6.07, 6.45) is 4.13. The van der Waals surface area contributed by atoms with Gasteiger partial charge in [-0.2, -0.15) is 0 Å². The maximum absolute atomic E-state index is 13.1. The number of halogens is 1. The smallest absolute Gasteiger partial charge is 0.255 e. The number of nitrogens with zero attached hydrogens (tertiary/aromatic N) is 1. The first-order valence-electron chi connectivity index (χ1n) is 6.91. The van der Waals surface area contributed by atoms with Crippen LogP contribution in [0.2, 0.25) is 0 Å². The fourth-order valence-electron chi connectivity index (χ4n) is 1.91. The monoisotopic (exact) mass is 287 g/mol. The van der Waals surface area contributed by atoms with Gasteiger partial charge in [-0.25, -0.2) is 4.39 Å². The molecule has 1 amide bonds. The number of pyridine rings is 1. The molecule has 110 valence electrons. The van der Waals surface area contributed by atoms with Crippen molar-refractivity contribution in [3.63, 3.8) is 0 Å². The van der Waals surface area contributed by atoms with Crippen molar-refractivity contribution in [2.45, 2.75) is 19.9 Å². The second-order valence-electron chi connectivity index (χ2n) is 4.66. The zero-order chi connectivity index (χ0) is 15.1. The summed E-state index contributed by atoms with van der Waals surface area (Å²) in [6, 6.07) is 7.93. The maximum Gasteiger partial charge on any atom is 0.255 e. The van der Waals surface area contributed by atoms with Crippen molar-refractivity contribution in [1.29, 1.82) is 0 Å². The standard InChI is InChI=1S/C16H18FN3O/c1-2-7-19-15-6-8-18-11-14(15)16(21)20-10-12-4-3-5-13(17)9-12/h3-6,8-9,11H,2,7,10H2,1H3,(H,18,19)(H,20,21). The molecule has 0 aliphatic heterocycles. The molecule has 1 aromatic carbocycles. The Hall–Kier alpha value is -2.43. The quantitative estimate of drug-likeness (QED) is 0.859. The molecule has 0 unspecified atom stereocenters. The lowest BCUT2D eigenvalue weighted by Gasteiger charge is -2.11. The molecular weight excluding hydrogens is 269 g/mol. The van der Waals surface area contributed by atoms with Crippen molar-refractivity contribution in [3.05, 3.63) is 59.7 Å². The summed E-state index contributed by atoms with van der Waals surface area (Å²) in [5, 5.41) is 5.96. The van der Waals surface area contributed by atoms with Gasteiger partial charge in [0, 0.05) is 25.5 Å². The summed E-state index contributed by atoms with van der Waals surface area (Å²) in [7, 11) is 0. The highest BCUT2D eigenvalue weighted by Crippen LogP contribution is 2.13. The molecule has 5 heteroatoms. The predicted molar refractivity (Wildman–Crippen MR) is 80.6 cm³/mol. The van der Waals surface area contributed by atoms with Crippen molar-refractivity contribution in [3.8, 4) is 0 Å². The van der Waals surface area contributed by atoms with Crippen LogP contribution in [0.4, 0.5) is 10.1 Å². The van der Waals surface area contributed by atoms with E-state index >= 15 is 0 Å². The lowest BCUT2D eigenvalue weighted by Crippen LogP contribution is -2.24. The Morgan fingerprint density at radius 2 is 2.19 bits per heavy atom. The van der Waals surface area contributed by atoms with E-state index in [1.54, 1.807) is 24.4 Å². The van der Waals surface area contributed by atoms with Crippen molar-refractivity contribution in [2.75, 3.05) is 11.9 Å². The molecule has 0 aliphatic rings. The summed E-state index contributed by atoms with van der Waals surface area (Å²) in [6.45, 7) is 3.12. The SMILES string of the molecule is CCCNc1ccncc1C(=O)NCc1cccc(F)c1. The number of benzene rings is 1. The number of carbonyl (C=O) groups is 1. The van der Waals surface area contributed by atoms with Crippen molar-refractivity contribution in [1.82, 2.24) is 10.3 Å². The van der Waals surface area contributed by atoms with Gasteiger partial charge >= 0.3 is 0 Å². The molecule has 1 heterocycles. The Morgan fingerprint density at radius 1 is 1.33 bits per heavy atom. The normalized spacial score (nSPS) is 10.2. The average Bonchev–Trinajstić information content (AvgIpc) is 2.51. The number of amides is 1. The Balaban J connectivity index is 2.03. The summed E-state index contributed by atoms with van der Waals surface area (Å²) >= 11 is 0. The van der Waals surface area contributed by atoms with Gasteiger partial charge in [-0.3, -0.25) is 9.78 Å². The van der Waals surface area contributed by atoms with E-state index in [0.717, 1.165) is 24.2 Å². The number of hydrogen-bond donors (Lipinski definition) is 2. The number of nitrogens with one attached hydrogen (secondary N) is 2. The highest BCUT2D eigenvalue weighted by atomic mass is 19.1. The average molecular weight is 287 g/mol. The summed E-state index contributed by atoms with van der Waals surface area (Å²) in [5.74, 6) is -0.542. The molecule has 0 saturated carbocycles. The van der Waals surface area contributed by atoms with Gasteiger partial charge in [0.1, 0.15) is 5.82 Å². The van der Waals surface area contributed by atoms with Crippen molar-refractivity contribution >= 4 is 11.6 Å². The Kier molecular flexibility index (Phi) is 5.26. The van der Waals surface area contributed by atoms with E-state index in [-0.39, 0.29) is 18.3 Å². The molecule has 1 aromatic heterocycles. The van der Waals surface area contributed by atoms with Gasteiger partial charge < -0.3 is 10.6 Å². The van der Waals surface area contributed by atoms with E-state index in [1.807, 2.05) is 0 Å². The van der Waals surface area contributed by atoms with Crippen LogP contribution in [0.25, 0.3) is 0 Å². The first kappa shape index (κ1) is 15.0. The molecule has 2 aromatic rings. The predicted octanol–water partition coefficient (Wildman–Crippen LogP) is 2.97. The topological polar surface area (TPSA) is 54.0 Å². The van der Waals surface area contributed by atoms with Crippen LogP contribution in [0.15, 0.2) is 42.7 Å². The molecule has 0 aliphatic carbocycles. The molecule has 4 nitrogen and oxygen atoms in total. The van der Waals surface area contributed by atoms with Gasteiger partial charge in [-0.15, -0.1) is 0 Å². The van der Waals surface area contributed by atoms with E-state index < -0.39 is 0 Å². The highest BCUT2D eigenvalue weighted by molar-refractivity contribution is 5.99. The van der Waals surface area contributed by atoms with Crippen LogP contribution >= 0.6 is 0 Å². The van der Waals surface area contributed by atoms with Crippen molar-refractivity contribution < 1.29 is 9.18 Å².